The summed E-state index contributed by atoms with van der Waals surface area (Å²) in [4.78, 5) is 24.6. The van der Waals surface area contributed by atoms with Crippen LogP contribution in [-0.2, 0) is 14.3 Å². The molecule has 0 aromatic rings. The van der Waals surface area contributed by atoms with Crippen LogP contribution in [0.2, 0.25) is 0 Å². The molecule has 0 aliphatic carbocycles. The van der Waals surface area contributed by atoms with E-state index in [9.17, 15) is 19.8 Å². The molecular weight excluding hydrogens is 971 g/mol. The van der Waals surface area contributed by atoms with E-state index < -0.39 is 12.1 Å². The molecule has 0 fully saturated rings. The third-order valence-electron chi connectivity index (χ3n) is 17.0. The van der Waals surface area contributed by atoms with E-state index in [4.69, 9.17) is 4.74 Å². The van der Waals surface area contributed by atoms with E-state index >= 15 is 0 Å². The van der Waals surface area contributed by atoms with Crippen molar-refractivity contribution in [3.05, 3.63) is 24.3 Å². The Morgan fingerprint density at radius 2 is 0.595 bits per heavy atom. The minimum atomic E-state index is -0.662. The summed E-state index contributed by atoms with van der Waals surface area (Å²) >= 11 is 0. The number of allylic oxidation sites excluding steroid dienone is 4. The molecule has 0 saturated carbocycles. The van der Waals surface area contributed by atoms with Crippen molar-refractivity contribution in [2.45, 2.75) is 418 Å². The Balaban J connectivity index is 3.35. The van der Waals surface area contributed by atoms with Crippen LogP contribution >= 0.6 is 0 Å². The van der Waals surface area contributed by atoms with Crippen LogP contribution in [0.15, 0.2) is 24.3 Å². The lowest BCUT2D eigenvalue weighted by molar-refractivity contribution is -0.143. The fourth-order valence-corrected chi connectivity index (χ4v) is 11.5. The van der Waals surface area contributed by atoms with Gasteiger partial charge < -0.3 is 20.3 Å². The van der Waals surface area contributed by atoms with Crippen LogP contribution in [0.3, 0.4) is 0 Å². The molecule has 2 atom stereocenters. The van der Waals surface area contributed by atoms with Crippen LogP contribution in [-0.4, -0.2) is 47.4 Å². The Labute approximate surface area is 494 Å². The van der Waals surface area contributed by atoms with E-state index in [1.165, 1.54) is 327 Å². The monoisotopic (exact) mass is 1110 g/mol. The second-order valence-electron chi connectivity index (χ2n) is 24.9. The lowest BCUT2D eigenvalue weighted by atomic mass is 10.0. The molecule has 0 radical (unpaired) electrons. The van der Waals surface area contributed by atoms with Gasteiger partial charge in [0, 0.05) is 12.8 Å². The predicted molar refractivity (Wildman–Crippen MR) is 347 cm³/mol. The van der Waals surface area contributed by atoms with Crippen LogP contribution in [0.4, 0.5) is 0 Å². The van der Waals surface area contributed by atoms with Crippen molar-refractivity contribution in [1.82, 2.24) is 5.32 Å². The minimum Gasteiger partial charge on any atom is -0.466 e. The van der Waals surface area contributed by atoms with Gasteiger partial charge in [0.05, 0.1) is 25.4 Å². The summed E-state index contributed by atoms with van der Waals surface area (Å²) in [6.45, 7) is 4.98. The molecule has 1 amide bonds. The quantitative estimate of drug-likeness (QED) is 0.0320. The van der Waals surface area contributed by atoms with Crippen molar-refractivity contribution in [2.75, 3.05) is 13.2 Å². The van der Waals surface area contributed by atoms with Gasteiger partial charge in [0.1, 0.15) is 0 Å². The van der Waals surface area contributed by atoms with Crippen molar-refractivity contribution in [3.63, 3.8) is 0 Å². The van der Waals surface area contributed by atoms with Gasteiger partial charge >= 0.3 is 5.97 Å². The second-order valence-corrected chi connectivity index (χ2v) is 24.9. The SMILES string of the molecule is CCCCCCC/C=C\CCCCCCCC(=O)OCCCCCCCCCCCCCC/C=C\CCCCCCCCCCCCCCCCCCC(=O)NC(CO)C(O)CCCCCCCCCCCCCCCCCC. The predicted octanol–water partition coefficient (Wildman–Crippen LogP) is 23.3. The summed E-state index contributed by atoms with van der Waals surface area (Å²) in [5.41, 5.74) is 0. The van der Waals surface area contributed by atoms with E-state index in [0.29, 0.717) is 25.9 Å². The van der Waals surface area contributed by atoms with Crippen molar-refractivity contribution >= 4 is 11.9 Å². The van der Waals surface area contributed by atoms with Crippen LogP contribution in [0.1, 0.15) is 406 Å². The number of esters is 1. The molecule has 0 aliphatic heterocycles. The van der Waals surface area contributed by atoms with E-state index in [0.717, 1.165) is 44.9 Å². The fraction of sp³-hybridized carbons (Fsp3) is 0.918. The molecule has 0 saturated heterocycles. The molecule has 3 N–H and O–H groups in total. The standard InChI is InChI=1S/C73H141NO5/c1-3-5-7-9-11-13-15-17-19-38-41-45-49-53-57-61-65-71(76)70(69-75)74-72(77)66-62-58-54-50-46-42-39-36-34-32-30-28-26-24-22-20-21-23-25-27-29-31-33-35-37-40-44-48-52-56-60-64-68-79-73(78)67-63-59-55-51-47-43-18-16-14-12-10-8-6-4-2/h16,18,23,25,70-71,75-76H,3-15,17,19-22,24,26-69H2,1-2H3,(H,74,77)/b18-16-,25-23-. The Hall–Kier alpha value is -1.66. The highest BCUT2D eigenvalue weighted by Gasteiger charge is 2.20. The van der Waals surface area contributed by atoms with Gasteiger partial charge in [-0.2, -0.15) is 0 Å². The summed E-state index contributed by atoms with van der Waals surface area (Å²) in [5, 5.41) is 23.4. The minimum absolute atomic E-state index is 0.0103. The lowest BCUT2D eigenvalue weighted by Crippen LogP contribution is -2.45. The van der Waals surface area contributed by atoms with Gasteiger partial charge in [-0.1, -0.05) is 340 Å². The Kier molecular flexibility index (Phi) is 67.4. The number of unbranched alkanes of at least 4 members (excludes halogenated alkanes) is 53. The van der Waals surface area contributed by atoms with Crippen LogP contribution < -0.4 is 5.32 Å². The van der Waals surface area contributed by atoms with Crippen molar-refractivity contribution in [2.24, 2.45) is 0 Å². The molecular formula is C73H141NO5. The topological polar surface area (TPSA) is 95.9 Å². The molecule has 0 bridgehead atoms. The Morgan fingerprint density at radius 3 is 0.899 bits per heavy atom. The Bertz CT molecular complexity index is 1230. The molecule has 2 unspecified atom stereocenters. The fourth-order valence-electron chi connectivity index (χ4n) is 11.5. The van der Waals surface area contributed by atoms with Gasteiger partial charge in [-0.25, -0.2) is 0 Å². The molecule has 0 aliphatic rings. The van der Waals surface area contributed by atoms with E-state index in [2.05, 4.69) is 43.5 Å². The third kappa shape index (κ3) is 65.4. The van der Waals surface area contributed by atoms with Crippen LogP contribution in [0, 0.1) is 0 Å². The normalized spacial score (nSPS) is 12.6. The van der Waals surface area contributed by atoms with E-state index in [1.807, 2.05) is 0 Å². The van der Waals surface area contributed by atoms with Gasteiger partial charge in [0.25, 0.3) is 0 Å². The number of hydrogen-bond acceptors (Lipinski definition) is 5. The highest BCUT2D eigenvalue weighted by molar-refractivity contribution is 5.76. The first-order chi connectivity index (χ1) is 39.0. The highest BCUT2D eigenvalue weighted by Crippen LogP contribution is 2.19. The molecule has 0 aromatic heterocycles. The smallest absolute Gasteiger partial charge is 0.305 e. The van der Waals surface area contributed by atoms with Crippen molar-refractivity contribution in [1.29, 1.82) is 0 Å². The molecule has 0 heterocycles. The number of amides is 1. The molecule has 6 heteroatoms. The maximum atomic E-state index is 12.5. The zero-order chi connectivity index (χ0) is 57.1. The van der Waals surface area contributed by atoms with E-state index in [1.54, 1.807) is 0 Å². The summed E-state index contributed by atoms with van der Waals surface area (Å²) in [6.07, 6.45) is 86.7. The average molecular weight is 1110 g/mol. The highest BCUT2D eigenvalue weighted by atomic mass is 16.5. The summed E-state index contributed by atoms with van der Waals surface area (Å²) in [6, 6.07) is -0.539. The Morgan fingerprint density at radius 1 is 0.342 bits per heavy atom. The van der Waals surface area contributed by atoms with Gasteiger partial charge in [0.2, 0.25) is 5.91 Å². The number of nitrogens with one attached hydrogen (secondary N) is 1. The van der Waals surface area contributed by atoms with Gasteiger partial charge in [-0.15, -0.1) is 0 Å². The summed E-state index contributed by atoms with van der Waals surface area (Å²) in [7, 11) is 0. The van der Waals surface area contributed by atoms with Crippen LogP contribution in [0.5, 0.6) is 0 Å². The third-order valence-corrected chi connectivity index (χ3v) is 17.0. The van der Waals surface area contributed by atoms with Crippen molar-refractivity contribution in [3.8, 4) is 0 Å². The molecule has 0 aromatic carbocycles. The molecule has 0 rings (SSSR count). The number of ether oxygens (including phenoxy) is 1. The first-order valence-electron chi connectivity index (χ1n) is 36.1. The van der Waals surface area contributed by atoms with Gasteiger partial charge in [0.15, 0.2) is 0 Å². The number of carbonyl (C=O) groups excluding carboxylic acids is 2. The number of rotatable bonds is 68. The zero-order valence-corrected chi connectivity index (χ0v) is 53.6. The lowest BCUT2D eigenvalue weighted by Gasteiger charge is -2.22. The summed E-state index contributed by atoms with van der Waals surface area (Å²) in [5.74, 6) is -0.0187. The first-order valence-corrected chi connectivity index (χ1v) is 36.1. The second kappa shape index (κ2) is 68.8. The van der Waals surface area contributed by atoms with E-state index in [-0.39, 0.29) is 18.5 Å². The van der Waals surface area contributed by atoms with Crippen molar-refractivity contribution < 1.29 is 24.5 Å². The average Bonchev–Trinajstić information content (AvgIpc) is 3.45. The molecule has 6 nitrogen and oxygen atoms in total. The molecule has 468 valence electrons. The first kappa shape index (κ1) is 77.3. The number of hydrogen-bond donors (Lipinski definition) is 3. The largest absolute Gasteiger partial charge is 0.466 e. The number of carbonyl (C=O) groups is 2. The van der Waals surface area contributed by atoms with Gasteiger partial charge in [-0.3, -0.25) is 9.59 Å². The number of aliphatic hydroxyl groups excluding tert-OH is 2. The number of aliphatic hydroxyl groups is 2. The van der Waals surface area contributed by atoms with Gasteiger partial charge in [-0.05, 0) is 77.0 Å². The maximum absolute atomic E-state index is 12.5. The molecule has 79 heavy (non-hydrogen) atoms. The maximum Gasteiger partial charge on any atom is 0.305 e. The zero-order valence-electron chi connectivity index (χ0n) is 53.6. The summed E-state index contributed by atoms with van der Waals surface area (Å²) < 4.78 is 5.49. The molecule has 0 spiro atoms. The van der Waals surface area contributed by atoms with Crippen LogP contribution in [0.25, 0.3) is 0 Å².